The Labute approximate surface area is 71.9 Å². The summed E-state index contributed by atoms with van der Waals surface area (Å²) >= 11 is 5.33. The SMILES string of the molecule is CC[C@H](C#CCCl)OC(C)=O. The van der Waals surface area contributed by atoms with E-state index in [1.54, 1.807) is 0 Å². The molecule has 3 heteroatoms. The molecule has 0 fully saturated rings. The van der Waals surface area contributed by atoms with Crippen LogP contribution in [0.1, 0.15) is 20.3 Å². The number of alkyl halides is 1. The second-order valence-corrected chi connectivity index (χ2v) is 2.23. The summed E-state index contributed by atoms with van der Waals surface area (Å²) in [6.07, 6.45) is 0.398. The number of carbonyl (C=O) groups is 1. The quantitative estimate of drug-likeness (QED) is 0.361. The third kappa shape index (κ3) is 5.75. The van der Waals surface area contributed by atoms with Gasteiger partial charge in [-0.3, -0.25) is 4.79 Å². The summed E-state index contributed by atoms with van der Waals surface area (Å²) in [5.74, 6) is 5.34. The molecule has 0 aromatic carbocycles. The van der Waals surface area contributed by atoms with Crippen molar-refractivity contribution >= 4 is 17.6 Å². The van der Waals surface area contributed by atoms with E-state index in [1.807, 2.05) is 6.92 Å². The zero-order chi connectivity index (χ0) is 8.69. The molecular formula is C8H11ClO2. The fourth-order valence-electron chi connectivity index (χ4n) is 0.568. The van der Waals surface area contributed by atoms with Crippen LogP contribution in [0.5, 0.6) is 0 Å². The van der Waals surface area contributed by atoms with Gasteiger partial charge in [0.25, 0.3) is 0 Å². The maximum absolute atomic E-state index is 10.5. The lowest BCUT2D eigenvalue weighted by atomic mass is 10.3. The summed E-state index contributed by atoms with van der Waals surface area (Å²) in [6.45, 7) is 3.27. The van der Waals surface area contributed by atoms with Gasteiger partial charge in [0.15, 0.2) is 6.10 Å². The minimum Gasteiger partial charge on any atom is -0.449 e. The van der Waals surface area contributed by atoms with Gasteiger partial charge in [0.2, 0.25) is 0 Å². The van der Waals surface area contributed by atoms with E-state index in [2.05, 4.69) is 11.8 Å². The van der Waals surface area contributed by atoms with E-state index >= 15 is 0 Å². The zero-order valence-corrected chi connectivity index (χ0v) is 7.44. The van der Waals surface area contributed by atoms with E-state index in [1.165, 1.54) is 6.92 Å². The highest BCUT2D eigenvalue weighted by atomic mass is 35.5. The maximum atomic E-state index is 10.5. The molecule has 0 spiro atoms. The summed E-state index contributed by atoms with van der Waals surface area (Å²) in [5.41, 5.74) is 0. The fraction of sp³-hybridized carbons (Fsp3) is 0.625. The smallest absolute Gasteiger partial charge is 0.303 e. The molecule has 0 radical (unpaired) electrons. The van der Waals surface area contributed by atoms with E-state index in [4.69, 9.17) is 16.3 Å². The van der Waals surface area contributed by atoms with Crippen LogP contribution in [0.2, 0.25) is 0 Å². The van der Waals surface area contributed by atoms with Gasteiger partial charge in [-0.05, 0) is 6.42 Å². The molecule has 0 heterocycles. The van der Waals surface area contributed by atoms with E-state index in [0.717, 1.165) is 0 Å². The van der Waals surface area contributed by atoms with Crippen LogP contribution in [-0.2, 0) is 9.53 Å². The first-order valence-electron chi connectivity index (χ1n) is 3.42. The Balaban J connectivity index is 3.85. The third-order valence-electron chi connectivity index (χ3n) is 1.01. The largest absolute Gasteiger partial charge is 0.449 e. The first-order valence-corrected chi connectivity index (χ1v) is 3.95. The van der Waals surface area contributed by atoms with E-state index in [0.29, 0.717) is 6.42 Å². The van der Waals surface area contributed by atoms with Crippen molar-refractivity contribution in [1.29, 1.82) is 0 Å². The lowest BCUT2D eigenvalue weighted by Gasteiger charge is -2.06. The van der Waals surface area contributed by atoms with Gasteiger partial charge in [-0.25, -0.2) is 0 Å². The first kappa shape index (κ1) is 10.3. The van der Waals surface area contributed by atoms with Crippen LogP contribution in [-0.4, -0.2) is 18.0 Å². The van der Waals surface area contributed by atoms with Crippen molar-refractivity contribution in [2.45, 2.75) is 26.4 Å². The lowest BCUT2D eigenvalue weighted by Crippen LogP contribution is -2.12. The molecule has 0 aliphatic heterocycles. The van der Waals surface area contributed by atoms with Crippen molar-refractivity contribution in [3.63, 3.8) is 0 Å². The van der Waals surface area contributed by atoms with Gasteiger partial charge in [0.05, 0.1) is 5.88 Å². The molecule has 0 unspecified atom stereocenters. The average molecular weight is 175 g/mol. The number of ether oxygens (including phenoxy) is 1. The van der Waals surface area contributed by atoms with Crippen LogP contribution in [0.25, 0.3) is 0 Å². The Morgan fingerprint density at radius 1 is 1.73 bits per heavy atom. The van der Waals surface area contributed by atoms with E-state index < -0.39 is 0 Å². The highest BCUT2D eigenvalue weighted by molar-refractivity contribution is 6.19. The van der Waals surface area contributed by atoms with Crippen molar-refractivity contribution in [3.8, 4) is 11.8 Å². The highest BCUT2D eigenvalue weighted by Gasteiger charge is 2.03. The van der Waals surface area contributed by atoms with Gasteiger partial charge in [0.1, 0.15) is 0 Å². The van der Waals surface area contributed by atoms with Gasteiger partial charge >= 0.3 is 5.97 Å². The zero-order valence-electron chi connectivity index (χ0n) is 6.69. The normalized spacial score (nSPS) is 11.2. The van der Waals surface area contributed by atoms with Crippen molar-refractivity contribution in [2.24, 2.45) is 0 Å². The van der Waals surface area contributed by atoms with Crippen LogP contribution >= 0.6 is 11.6 Å². The molecule has 0 amide bonds. The number of hydrogen-bond acceptors (Lipinski definition) is 2. The monoisotopic (exact) mass is 174 g/mol. The molecule has 11 heavy (non-hydrogen) atoms. The first-order chi connectivity index (χ1) is 5.20. The molecule has 0 rings (SSSR count). The van der Waals surface area contributed by atoms with Gasteiger partial charge in [-0.15, -0.1) is 11.6 Å². The molecule has 0 bridgehead atoms. The van der Waals surface area contributed by atoms with Crippen molar-refractivity contribution in [1.82, 2.24) is 0 Å². The second kappa shape index (κ2) is 6.06. The van der Waals surface area contributed by atoms with Crippen LogP contribution in [0, 0.1) is 11.8 Å². The topological polar surface area (TPSA) is 26.3 Å². The molecule has 0 N–H and O–H groups in total. The molecule has 0 aromatic rings. The lowest BCUT2D eigenvalue weighted by molar-refractivity contribution is -0.143. The Kier molecular flexibility index (Phi) is 5.68. The average Bonchev–Trinajstić information content (AvgIpc) is 1.97. The van der Waals surface area contributed by atoms with Gasteiger partial charge < -0.3 is 4.74 Å². The summed E-state index contributed by atoms with van der Waals surface area (Å²) in [7, 11) is 0. The Morgan fingerprint density at radius 2 is 2.36 bits per heavy atom. The predicted molar refractivity (Wildman–Crippen MR) is 44.3 cm³/mol. The highest BCUT2D eigenvalue weighted by Crippen LogP contribution is 1.95. The molecule has 0 saturated carbocycles. The second-order valence-electron chi connectivity index (χ2n) is 1.96. The summed E-state index contributed by atoms with van der Waals surface area (Å²) < 4.78 is 4.83. The summed E-state index contributed by atoms with van der Waals surface area (Å²) in [4.78, 5) is 10.5. The fourth-order valence-corrected chi connectivity index (χ4v) is 0.645. The van der Waals surface area contributed by atoms with E-state index in [-0.39, 0.29) is 18.0 Å². The third-order valence-corrected chi connectivity index (χ3v) is 1.14. The van der Waals surface area contributed by atoms with Crippen molar-refractivity contribution < 1.29 is 9.53 Å². The Hall–Kier alpha value is -0.680. The predicted octanol–water partition coefficient (Wildman–Crippen LogP) is 1.57. The Bertz CT molecular complexity index is 178. The summed E-state index contributed by atoms with van der Waals surface area (Å²) in [6, 6.07) is 0. The number of halogens is 1. The van der Waals surface area contributed by atoms with Crippen molar-refractivity contribution in [3.05, 3.63) is 0 Å². The standard InChI is InChI=1S/C8H11ClO2/c1-3-8(5-4-6-9)11-7(2)10/h8H,3,6H2,1-2H3/t8-/m1/s1. The number of rotatable bonds is 2. The molecule has 62 valence electrons. The molecule has 0 aliphatic carbocycles. The van der Waals surface area contributed by atoms with Gasteiger partial charge in [-0.2, -0.15) is 0 Å². The van der Waals surface area contributed by atoms with Crippen LogP contribution in [0.15, 0.2) is 0 Å². The number of carbonyl (C=O) groups excluding carboxylic acids is 1. The minimum atomic E-state index is -0.305. The van der Waals surface area contributed by atoms with Crippen LogP contribution in [0.4, 0.5) is 0 Å². The maximum Gasteiger partial charge on any atom is 0.303 e. The van der Waals surface area contributed by atoms with E-state index in [9.17, 15) is 4.79 Å². The number of esters is 1. The minimum absolute atomic E-state index is 0.276. The van der Waals surface area contributed by atoms with Gasteiger partial charge in [0, 0.05) is 6.92 Å². The molecule has 2 nitrogen and oxygen atoms in total. The molecule has 0 saturated heterocycles. The van der Waals surface area contributed by atoms with Crippen LogP contribution < -0.4 is 0 Å². The van der Waals surface area contributed by atoms with Crippen LogP contribution in [0.3, 0.4) is 0 Å². The van der Waals surface area contributed by atoms with Crippen molar-refractivity contribution in [2.75, 3.05) is 5.88 Å². The number of hydrogen-bond donors (Lipinski definition) is 0. The summed E-state index contributed by atoms with van der Waals surface area (Å²) in [5, 5.41) is 0. The molecule has 1 atom stereocenters. The molecule has 0 aliphatic rings. The molecule has 0 aromatic heterocycles. The Morgan fingerprint density at radius 3 is 2.73 bits per heavy atom. The van der Waals surface area contributed by atoms with Gasteiger partial charge in [-0.1, -0.05) is 18.8 Å². The molecular weight excluding hydrogens is 164 g/mol.